The van der Waals surface area contributed by atoms with E-state index < -0.39 is 11.7 Å². The number of hydrogen-bond acceptors (Lipinski definition) is 3. The Morgan fingerprint density at radius 3 is 2.68 bits per heavy atom. The number of nitrogens with zero attached hydrogens (tertiary/aromatic N) is 2. The van der Waals surface area contributed by atoms with Gasteiger partial charge in [-0.15, -0.1) is 0 Å². The van der Waals surface area contributed by atoms with Crippen molar-refractivity contribution >= 4 is 35.2 Å². The fraction of sp³-hybridized carbons (Fsp3) is 0.235. The Morgan fingerprint density at radius 1 is 1.36 bits per heavy atom. The number of rotatable bonds is 5. The molecule has 0 saturated heterocycles. The SMILES string of the molecule is Cc1nn(C)c(C)c1NC(=O)CNC(=O)/C=C/c1c(F)cccc1Cl. The maximum Gasteiger partial charge on any atom is 0.244 e. The summed E-state index contributed by atoms with van der Waals surface area (Å²) < 4.78 is 15.3. The molecule has 0 radical (unpaired) electrons. The Bertz CT molecular complexity index is 825. The molecule has 6 nitrogen and oxygen atoms in total. The third-order valence-electron chi connectivity index (χ3n) is 3.60. The van der Waals surface area contributed by atoms with E-state index in [0.29, 0.717) is 11.4 Å². The van der Waals surface area contributed by atoms with Crippen LogP contribution in [0.2, 0.25) is 5.02 Å². The Kier molecular flexibility index (Phi) is 5.93. The lowest BCUT2D eigenvalue weighted by Gasteiger charge is -2.06. The van der Waals surface area contributed by atoms with Crippen LogP contribution in [0, 0.1) is 19.7 Å². The number of nitrogens with one attached hydrogen (secondary N) is 2. The van der Waals surface area contributed by atoms with E-state index in [9.17, 15) is 14.0 Å². The minimum Gasteiger partial charge on any atom is -0.343 e. The predicted octanol–water partition coefficient (Wildman–Crippen LogP) is 2.60. The molecule has 1 aromatic carbocycles. The van der Waals surface area contributed by atoms with Crippen LogP contribution in [0.1, 0.15) is 17.0 Å². The third kappa shape index (κ3) is 4.67. The van der Waals surface area contributed by atoms with Crippen LogP contribution in [0.5, 0.6) is 0 Å². The second-order valence-electron chi connectivity index (χ2n) is 5.40. The Balaban J connectivity index is 1.91. The molecule has 0 fully saturated rings. The van der Waals surface area contributed by atoms with Crippen LogP contribution in [0.15, 0.2) is 24.3 Å². The molecule has 0 atom stereocenters. The maximum atomic E-state index is 13.6. The van der Waals surface area contributed by atoms with E-state index >= 15 is 0 Å². The molecule has 8 heteroatoms. The van der Waals surface area contributed by atoms with Crippen molar-refractivity contribution in [3.8, 4) is 0 Å². The summed E-state index contributed by atoms with van der Waals surface area (Å²) in [4.78, 5) is 23.7. The van der Waals surface area contributed by atoms with E-state index in [1.54, 1.807) is 18.7 Å². The molecular formula is C17H18ClFN4O2. The van der Waals surface area contributed by atoms with Gasteiger partial charge in [0.1, 0.15) is 5.82 Å². The van der Waals surface area contributed by atoms with Gasteiger partial charge in [0.15, 0.2) is 0 Å². The van der Waals surface area contributed by atoms with Crippen molar-refractivity contribution in [3.05, 3.63) is 52.1 Å². The molecule has 0 spiro atoms. The Hall–Kier alpha value is -2.67. The standard InChI is InChI=1S/C17H18ClFN4O2/c1-10-17(11(2)23(3)22-10)21-16(25)9-20-15(24)8-7-12-13(18)5-4-6-14(12)19/h4-8H,9H2,1-3H3,(H,20,24)(H,21,25)/b8-7+. The predicted molar refractivity (Wildman–Crippen MR) is 94.8 cm³/mol. The summed E-state index contributed by atoms with van der Waals surface area (Å²) >= 11 is 5.87. The average Bonchev–Trinajstić information content (AvgIpc) is 2.79. The van der Waals surface area contributed by atoms with E-state index in [1.807, 2.05) is 6.92 Å². The number of benzene rings is 1. The highest BCUT2D eigenvalue weighted by atomic mass is 35.5. The van der Waals surface area contributed by atoms with Gasteiger partial charge in [0, 0.05) is 18.7 Å². The number of halogens is 2. The van der Waals surface area contributed by atoms with Gasteiger partial charge in [-0.05, 0) is 32.1 Å². The van der Waals surface area contributed by atoms with Gasteiger partial charge in [0.05, 0.1) is 28.6 Å². The minimum atomic E-state index is -0.533. The first-order chi connectivity index (χ1) is 11.8. The van der Waals surface area contributed by atoms with Crippen LogP contribution in [0.3, 0.4) is 0 Å². The Morgan fingerprint density at radius 2 is 2.08 bits per heavy atom. The number of aryl methyl sites for hydroxylation is 2. The number of carbonyl (C=O) groups excluding carboxylic acids is 2. The quantitative estimate of drug-likeness (QED) is 0.801. The number of anilines is 1. The van der Waals surface area contributed by atoms with Crippen LogP contribution in [-0.2, 0) is 16.6 Å². The molecule has 0 aliphatic carbocycles. The van der Waals surface area contributed by atoms with Gasteiger partial charge in [-0.25, -0.2) is 4.39 Å². The first-order valence-corrected chi connectivity index (χ1v) is 7.87. The number of carbonyl (C=O) groups is 2. The third-order valence-corrected chi connectivity index (χ3v) is 3.93. The van der Waals surface area contributed by atoms with Crippen LogP contribution < -0.4 is 10.6 Å². The molecule has 0 saturated carbocycles. The van der Waals surface area contributed by atoms with Crippen LogP contribution in [0.4, 0.5) is 10.1 Å². The number of hydrogen-bond donors (Lipinski definition) is 2. The van der Waals surface area contributed by atoms with Crippen LogP contribution in [-0.4, -0.2) is 28.1 Å². The molecule has 2 N–H and O–H groups in total. The van der Waals surface area contributed by atoms with E-state index in [4.69, 9.17) is 11.6 Å². The summed E-state index contributed by atoms with van der Waals surface area (Å²) in [6, 6.07) is 4.24. The first-order valence-electron chi connectivity index (χ1n) is 7.49. The van der Waals surface area contributed by atoms with Crippen molar-refractivity contribution in [2.45, 2.75) is 13.8 Å². The molecule has 0 aliphatic heterocycles. The van der Waals surface area contributed by atoms with Crippen molar-refractivity contribution < 1.29 is 14.0 Å². The van der Waals surface area contributed by atoms with E-state index in [-0.39, 0.29) is 23.0 Å². The highest BCUT2D eigenvalue weighted by Gasteiger charge is 2.12. The van der Waals surface area contributed by atoms with E-state index in [2.05, 4.69) is 15.7 Å². The molecule has 2 aromatic rings. The van der Waals surface area contributed by atoms with Crippen molar-refractivity contribution in [1.29, 1.82) is 0 Å². The fourth-order valence-electron chi connectivity index (χ4n) is 2.19. The average molecular weight is 365 g/mol. The lowest BCUT2D eigenvalue weighted by Crippen LogP contribution is -2.32. The van der Waals surface area contributed by atoms with Gasteiger partial charge in [-0.1, -0.05) is 17.7 Å². The van der Waals surface area contributed by atoms with Crippen molar-refractivity contribution in [1.82, 2.24) is 15.1 Å². The summed E-state index contributed by atoms with van der Waals surface area (Å²) in [6.45, 7) is 3.39. The zero-order valence-corrected chi connectivity index (χ0v) is 14.8. The zero-order valence-electron chi connectivity index (χ0n) is 14.1. The molecule has 2 rings (SSSR count). The molecule has 1 aromatic heterocycles. The summed E-state index contributed by atoms with van der Waals surface area (Å²) in [5.41, 5.74) is 2.24. The van der Waals surface area contributed by atoms with Gasteiger partial charge in [-0.3, -0.25) is 14.3 Å². The molecule has 0 bridgehead atoms. The van der Waals surface area contributed by atoms with Crippen LogP contribution >= 0.6 is 11.6 Å². The van der Waals surface area contributed by atoms with Gasteiger partial charge >= 0.3 is 0 Å². The molecule has 132 valence electrons. The second kappa shape index (κ2) is 7.94. The van der Waals surface area contributed by atoms with Crippen LogP contribution in [0.25, 0.3) is 6.08 Å². The molecule has 2 amide bonds. The van der Waals surface area contributed by atoms with E-state index in [1.165, 1.54) is 24.3 Å². The molecule has 0 unspecified atom stereocenters. The maximum absolute atomic E-state index is 13.6. The highest BCUT2D eigenvalue weighted by molar-refractivity contribution is 6.32. The van der Waals surface area contributed by atoms with Gasteiger partial charge in [0.25, 0.3) is 0 Å². The summed E-state index contributed by atoms with van der Waals surface area (Å²) in [7, 11) is 1.78. The lowest BCUT2D eigenvalue weighted by atomic mass is 10.2. The normalized spacial score (nSPS) is 10.9. The molecular weight excluding hydrogens is 347 g/mol. The Labute approximate surface area is 149 Å². The number of aromatic nitrogens is 2. The van der Waals surface area contributed by atoms with E-state index in [0.717, 1.165) is 11.8 Å². The summed E-state index contributed by atoms with van der Waals surface area (Å²) in [6.07, 6.45) is 2.39. The van der Waals surface area contributed by atoms with Gasteiger partial charge < -0.3 is 10.6 Å². The summed E-state index contributed by atoms with van der Waals surface area (Å²) in [5.74, 6) is -1.45. The summed E-state index contributed by atoms with van der Waals surface area (Å²) in [5, 5.41) is 9.52. The molecule has 25 heavy (non-hydrogen) atoms. The minimum absolute atomic E-state index is 0.116. The largest absolute Gasteiger partial charge is 0.343 e. The number of amides is 2. The second-order valence-corrected chi connectivity index (χ2v) is 5.81. The fourth-order valence-corrected chi connectivity index (χ4v) is 2.42. The van der Waals surface area contributed by atoms with Gasteiger partial charge in [0.2, 0.25) is 11.8 Å². The molecule has 0 aliphatic rings. The zero-order chi connectivity index (χ0) is 18.6. The van der Waals surface area contributed by atoms with Crippen molar-refractivity contribution in [2.75, 3.05) is 11.9 Å². The topological polar surface area (TPSA) is 76.0 Å². The van der Waals surface area contributed by atoms with Crippen molar-refractivity contribution in [3.63, 3.8) is 0 Å². The van der Waals surface area contributed by atoms with Gasteiger partial charge in [-0.2, -0.15) is 5.10 Å². The first kappa shape index (κ1) is 18.7. The van der Waals surface area contributed by atoms with Crippen molar-refractivity contribution in [2.24, 2.45) is 7.05 Å². The smallest absolute Gasteiger partial charge is 0.244 e. The lowest BCUT2D eigenvalue weighted by molar-refractivity contribution is -0.121. The monoisotopic (exact) mass is 364 g/mol. The highest BCUT2D eigenvalue weighted by Crippen LogP contribution is 2.20. The molecule has 1 heterocycles.